The average molecular weight is 433 g/mol. The summed E-state index contributed by atoms with van der Waals surface area (Å²) in [5.74, 6) is 0.394. The van der Waals surface area contributed by atoms with E-state index in [4.69, 9.17) is 4.74 Å². The third kappa shape index (κ3) is 6.06. The third-order valence-corrected chi connectivity index (χ3v) is 6.66. The minimum atomic E-state index is -3.67. The van der Waals surface area contributed by atoms with Crippen molar-refractivity contribution in [3.8, 4) is 5.75 Å². The molecule has 7 heteroatoms. The quantitative estimate of drug-likeness (QED) is 0.612. The van der Waals surface area contributed by atoms with Gasteiger partial charge in [-0.05, 0) is 57.5 Å². The molecule has 6 nitrogen and oxygen atoms in total. The summed E-state index contributed by atoms with van der Waals surface area (Å²) in [6.45, 7) is 8.36. The van der Waals surface area contributed by atoms with Gasteiger partial charge in [0.2, 0.25) is 10.0 Å². The predicted octanol–water partition coefficient (Wildman–Crippen LogP) is 4.13. The molecular weight excluding hydrogens is 400 g/mol. The molecule has 0 aliphatic carbocycles. The maximum atomic E-state index is 13.0. The van der Waals surface area contributed by atoms with Gasteiger partial charge >= 0.3 is 0 Å². The fourth-order valence-electron chi connectivity index (χ4n) is 3.17. The molecule has 0 unspecified atom stereocenters. The van der Waals surface area contributed by atoms with E-state index in [1.165, 1.54) is 11.4 Å². The van der Waals surface area contributed by atoms with Crippen molar-refractivity contribution in [2.24, 2.45) is 0 Å². The predicted molar refractivity (Wildman–Crippen MR) is 119 cm³/mol. The minimum Gasteiger partial charge on any atom is -0.494 e. The molecule has 0 radical (unpaired) electrons. The Bertz CT molecular complexity index is 956. The molecule has 1 amide bonds. The summed E-state index contributed by atoms with van der Waals surface area (Å²) < 4.78 is 32.9. The zero-order chi connectivity index (χ0) is 22.3. The first-order valence-electron chi connectivity index (χ1n) is 10.3. The van der Waals surface area contributed by atoms with E-state index in [1.807, 2.05) is 20.8 Å². The van der Waals surface area contributed by atoms with Crippen LogP contribution in [-0.2, 0) is 16.6 Å². The second-order valence-corrected chi connectivity index (χ2v) is 9.54. The maximum Gasteiger partial charge on any atom is 0.251 e. The van der Waals surface area contributed by atoms with Crippen LogP contribution in [0.4, 0.5) is 0 Å². The van der Waals surface area contributed by atoms with Crippen LogP contribution in [0.3, 0.4) is 0 Å². The average Bonchev–Trinajstić information content (AvgIpc) is 2.69. The minimum absolute atomic E-state index is 0.0714. The Labute approximate surface area is 180 Å². The van der Waals surface area contributed by atoms with Crippen LogP contribution in [0.25, 0.3) is 0 Å². The van der Waals surface area contributed by atoms with Crippen molar-refractivity contribution in [3.05, 3.63) is 59.2 Å². The lowest BCUT2D eigenvalue weighted by atomic mass is 10.1. The molecule has 0 saturated carbocycles. The van der Waals surface area contributed by atoms with E-state index in [0.717, 1.165) is 18.4 Å². The maximum absolute atomic E-state index is 13.0. The van der Waals surface area contributed by atoms with E-state index in [0.29, 0.717) is 23.5 Å². The van der Waals surface area contributed by atoms with Crippen molar-refractivity contribution in [1.29, 1.82) is 0 Å². The monoisotopic (exact) mass is 432 g/mol. The van der Waals surface area contributed by atoms with Crippen molar-refractivity contribution in [1.82, 2.24) is 9.62 Å². The molecule has 2 aromatic rings. The molecule has 0 aliphatic rings. The van der Waals surface area contributed by atoms with Gasteiger partial charge in [0.25, 0.3) is 5.91 Å². The van der Waals surface area contributed by atoms with E-state index >= 15 is 0 Å². The molecule has 0 spiro atoms. The molecule has 2 aromatic carbocycles. The van der Waals surface area contributed by atoms with Gasteiger partial charge in [-0.25, -0.2) is 8.42 Å². The van der Waals surface area contributed by atoms with E-state index in [-0.39, 0.29) is 23.4 Å². The molecule has 0 bridgehead atoms. The molecule has 2 rings (SSSR count). The first kappa shape index (κ1) is 23.9. The van der Waals surface area contributed by atoms with Gasteiger partial charge in [-0.15, -0.1) is 0 Å². The van der Waals surface area contributed by atoms with E-state index < -0.39 is 10.0 Å². The van der Waals surface area contributed by atoms with Crippen LogP contribution >= 0.6 is 0 Å². The number of sulfonamides is 1. The first-order valence-corrected chi connectivity index (χ1v) is 11.7. The summed E-state index contributed by atoms with van der Waals surface area (Å²) in [4.78, 5) is 12.8. The van der Waals surface area contributed by atoms with Gasteiger partial charge in [-0.2, -0.15) is 4.31 Å². The van der Waals surface area contributed by atoms with Crippen LogP contribution in [0.2, 0.25) is 0 Å². The number of hydrogen-bond donors (Lipinski definition) is 1. The van der Waals surface area contributed by atoms with Crippen LogP contribution in [0, 0.1) is 6.92 Å². The lowest BCUT2D eigenvalue weighted by Gasteiger charge is -2.20. The molecule has 1 atom stereocenters. The van der Waals surface area contributed by atoms with Crippen LogP contribution in [-0.4, -0.2) is 38.3 Å². The van der Waals surface area contributed by atoms with Crippen molar-refractivity contribution in [2.45, 2.75) is 58.0 Å². The lowest BCUT2D eigenvalue weighted by Crippen LogP contribution is -2.32. The number of aryl methyl sites for hydroxylation is 1. The molecule has 0 saturated heterocycles. The Hall–Kier alpha value is -2.38. The van der Waals surface area contributed by atoms with Gasteiger partial charge in [0.15, 0.2) is 0 Å². The molecule has 1 N–H and O–H groups in total. The van der Waals surface area contributed by atoms with Crippen LogP contribution < -0.4 is 10.1 Å². The molecule has 164 valence electrons. The summed E-state index contributed by atoms with van der Waals surface area (Å²) in [5, 5.41) is 2.98. The number of rotatable bonds is 10. The number of nitrogens with one attached hydrogen (secondary N) is 1. The van der Waals surface area contributed by atoms with Crippen molar-refractivity contribution in [3.63, 3.8) is 0 Å². The van der Waals surface area contributed by atoms with Crippen LogP contribution in [0.5, 0.6) is 5.75 Å². The standard InChI is InChI=1S/C23H32N2O4S/c1-6-8-18(4)24-23(26)19-11-14-22(29-7-2)20(15-19)16-25(5)30(27,28)21-12-9-17(3)10-13-21/h9-15,18H,6-8,16H2,1-5H3,(H,24,26)/t18-/m0/s1. The second-order valence-electron chi connectivity index (χ2n) is 7.49. The number of ether oxygens (including phenoxy) is 1. The van der Waals surface area contributed by atoms with Gasteiger partial charge in [0.05, 0.1) is 11.5 Å². The zero-order valence-corrected chi connectivity index (χ0v) is 19.3. The Morgan fingerprint density at radius 2 is 1.80 bits per heavy atom. The molecule has 30 heavy (non-hydrogen) atoms. The van der Waals surface area contributed by atoms with Gasteiger partial charge in [-0.3, -0.25) is 4.79 Å². The second kappa shape index (κ2) is 10.6. The highest BCUT2D eigenvalue weighted by Gasteiger charge is 2.23. The lowest BCUT2D eigenvalue weighted by molar-refractivity contribution is 0.0938. The zero-order valence-electron chi connectivity index (χ0n) is 18.4. The topological polar surface area (TPSA) is 75.7 Å². The molecule has 0 aliphatic heterocycles. The Balaban J connectivity index is 2.29. The van der Waals surface area contributed by atoms with E-state index in [2.05, 4.69) is 12.2 Å². The summed E-state index contributed by atoms with van der Waals surface area (Å²) in [5.41, 5.74) is 2.12. The fraction of sp³-hybridized carbons (Fsp3) is 0.435. The molecule has 0 fully saturated rings. The van der Waals surface area contributed by atoms with Crippen LogP contribution in [0.1, 0.15) is 55.1 Å². The Kier molecular flexibility index (Phi) is 8.43. The highest BCUT2D eigenvalue weighted by molar-refractivity contribution is 7.89. The van der Waals surface area contributed by atoms with Crippen molar-refractivity contribution < 1.29 is 17.9 Å². The normalized spacial score (nSPS) is 12.6. The SMILES string of the molecule is CCC[C@H](C)NC(=O)c1ccc(OCC)c(CN(C)S(=O)(=O)c2ccc(C)cc2)c1. The van der Waals surface area contributed by atoms with Crippen LogP contribution in [0.15, 0.2) is 47.4 Å². The smallest absolute Gasteiger partial charge is 0.251 e. The Morgan fingerprint density at radius 1 is 1.13 bits per heavy atom. The van der Waals surface area contributed by atoms with Crippen molar-refractivity contribution in [2.75, 3.05) is 13.7 Å². The number of nitrogens with zero attached hydrogens (tertiary/aromatic N) is 1. The highest BCUT2D eigenvalue weighted by atomic mass is 32.2. The Morgan fingerprint density at radius 3 is 2.40 bits per heavy atom. The van der Waals surface area contributed by atoms with E-state index in [9.17, 15) is 13.2 Å². The number of carbonyl (C=O) groups excluding carboxylic acids is 1. The fourth-order valence-corrected chi connectivity index (χ4v) is 4.32. The van der Waals surface area contributed by atoms with Gasteiger partial charge in [0.1, 0.15) is 5.75 Å². The van der Waals surface area contributed by atoms with Gasteiger partial charge in [-0.1, -0.05) is 31.0 Å². The largest absolute Gasteiger partial charge is 0.494 e. The highest BCUT2D eigenvalue weighted by Crippen LogP contribution is 2.25. The van der Waals surface area contributed by atoms with Gasteiger partial charge < -0.3 is 10.1 Å². The molecule has 0 heterocycles. The summed E-state index contributed by atoms with van der Waals surface area (Å²) >= 11 is 0. The number of amides is 1. The van der Waals surface area contributed by atoms with Crippen molar-refractivity contribution >= 4 is 15.9 Å². The summed E-state index contributed by atoms with van der Waals surface area (Å²) in [7, 11) is -2.14. The molecule has 0 aromatic heterocycles. The first-order chi connectivity index (χ1) is 14.2. The number of carbonyl (C=O) groups is 1. The number of benzene rings is 2. The van der Waals surface area contributed by atoms with Gasteiger partial charge in [0, 0.05) is 30.8 Å². The third-order valence-electron chi connectivity index (χ3n) is 4.84. The summed E-state index contributed by atoms with van der Waals surface area (Å²) in [6, 6.07) is 12.0. The molecular formula is C23H32N2O4S. The summed E-state index contributed by atoms with van der Waals surface area (Å²) in [6.07, 6.45) is 1.88. The van der Waals surface area contributed by atoms with E-state index in [1.54, 1.807) is 42.5 Å². The number of hydrogen-bond acceptors (Lipinski definition) is 4.